The molecule has 0 radical (unpaired) electrons. The maximum Gasteiger partial charge on any atom is 0.0906 e. The molecule has 0 spiro atoms. The highest BCUT2D eigenvalue weighted by Gasteiger charge is 2.03. The summed E-state index contributed by atoms with van der Waals surface area (Å²) in [6, 6.07) is 7.93. The number of nitrogens with one attached hydrogen (secondary N) is 1. The number of rotatable bonds is 5. The standard InChI is InChI=1S/C11H15ClFN/c1-9(14-7-3-6-13)10-4-2-5-11(12)8-10/h2,4-5,8-9,14H,3,6-7H2,1H3. The van der Waals surface area contributed by atoms with Gasteiger partial charge in [0.25, 0.3) is 0 Å². The zero-order valence-corrected chi connectivity index (χ0v) is 9.02. The zero-order valence-electron chi connectivity index (χ0n) is 8.26. The number of hydrogen-bond acceptors (Lipinski definition) is 1. The molecule has 0 fully saturated rings. The van der Waals surface area contributed by atoms with Crippen molar-refractivity contribution in [2.45, 2.75) is 19.4 Å². The average Bonchev–Trinajstić information content (AvgIpc) is 2.18. The molecule has 1 aromatic rings. The van der Waals surface area contributed by atoms with Crippen molar-refractivity contribution in [3.05, 3.63) is 34.9 Å². The highest BCUT2D eigenvalue weighted by molar-refractivity contribution is 6.30. The van der Waals surface area contributed by atoms with Crippen LogP contribution in [-0.4, -0.2) is 13.2 Å². The van der Waals surface area contributed by atoms with Crippen LogP contribution in [0.4, 0.5) is 4.39 Å². The topological polar surface area (TPSA) is 12.0 Å². The van der Waals surface area contributed by atoms with E-state index in [-0.39, 0.29) is 12.7 Å². The van der Waals surface area contributed by atoms with Crippen molar-refractivity contribution >= 4 is 11.6 Å². The molecule has 1 unspecified atom stereocenters. The molecule has 0 saturated heterocycles. The molecule has 0 aromatic heterocycles. The number of halogens is 2. The van der Waals surface area contributed by atoms with Gasteiger partial charge < -0.3 is 5.32 Å². The molecule has 1 rings (SSSR count). The van der Waals surface area contributed by atoms with Gasteiger partial charge in [-0.3, -0.25) is 4.39 Å². The Morgan fingerprint density at radius 3 is 2.93 bits per heavy atom. The lowest BCUT2D eigenvalue weighted by Gasteiger charge is -2.13. The fourth-order valence-corrected chi connectivity index (χ4v) is 1.48. The van der Waals surface area contributed by atoms with Crippen LogP contribution in [0.3, 0.4) is 0 Å². The van der Waals surface area contributed by atoms with Crippen molar-refractivity contribution in [3.8, 4) is 0 Å². The first kappa shape index (κ1) is 11.5. The van der Waals surface area contributed by atoms with Crippen LogP contribution in [0.5, 0.6) is 0 Å². The van der Waals surface area contributed by atoms with Crippen LogP contribution in [0.25, 0.3) is 0 Å². The molecule has 0 bridgehead atoms. The molecule has 3 heteroatoms. The van der Waals surface area contributed by atoms with Crippen LogP contribution in [0.2, 0.25) is 5.02 Å². The molecule has 0 aliphatic carbocycles. The molecular weight excluding hydrogens is 201 g/mol. The Kier molecular flexibility index (Phi) is 4.91. The first-order valence-electron chi connectivity index (χ1n) is 4.79. The van der Waals surface area contributed by atoms with E-state index in [0.29, 0.717) is 13.0 Å². The van der Waals surface area contributed by atoms with Crippen molar-refractivity contribution < 1.29 is 4.39 Å². The van der Waals surface area contributed by atoms with Crippen molar-refractivity contribution in [1.82, 2.24) is 5.32 Å². The summed E-state index contributed by atoms with van der Waals surface area (Å²) in [4.78, 5) is 0. The van der Waals surface area contributed by atoms with Crippen molar-refractivity contribution in [1.29, 1.82) is 0 Å². The number of alkyl halides is 1. The molecule has 78 valence electrons. The summed E-state index contributed by atoms with van der Waals surface area (Å²) in [5.41, 5.74) is 1.14. The van der Waals surface area contributed by atoms with Gasteiger partial charge in [-0.2, -0.15) is 0 Å². The second kappa shape index (κ2) is 5.99. The predicted molar refractivity (Wildman–Crippen MR) is 58.5 cm³/mol. The van der Waals surface area contributed by atoms with Gasteiger partial charge in [0.15, 0.2) is 0 Å². The summed E-state index contributed by atoms with van der Waals surface area (Å²) in [5.74, 6) is 0. The summed E-state index contributed by atoms with van der Waals surface area (Å²) in [6.45, 7) is 2.48. The Labute approximate surface area is 89.3 Å². The van der Waals surface area contributed by atoms with Crippen LogP contribution in [0.1, 0.15) is 24.9 Å². The minimum atomic E-state index is -0.269. The third kappa shape index (κ3) is 3.64. The molecule has 0 saturated carbocycles. The second-order valence-electron chi connectivity index (χ2n) is 3.27. The summed E-state index contributed by atoms with van der Waals surface area (Å²) < 4.78 is 11.8. The van der Waals surface area contributed by atoms with Crippen molar-refractivity contribution in [2.75, 3.05) is 13.2 Å². The van der Waals surface area contributed by atoms with E-state index in [9.17, 15) is 4.39 Å². The normalized spacial score (nSPS) is 12.8. The largest absolute Gasteiger partial charge is 0.310 e. The van der Waals surface area contributed by atoms with Gasteiger partial charge in [0.05, 0.1) is 6.67 Å². The van der Waals surface area contributed by atoms with E-state index >= 15 is 0 Å². The third-order valence-electron chi connectivity index (χ3n) is 2.11. The Balaban J connectivity index is 2.47. The number of benzene rings is 1. The number of hydrogen-bond donors (Lipinski definition) is 1. The summed E-state index contributed by atoms with van der Waals surface area (Å²) in [5, 5.41) is 3.97. The molecule has 1 N–H and O–H groups in total. The Morgan fingerprint density at radius 2 is 2.29 bits per heavy atom. The van der Waals surface area contributed by atoms with E-state index in [2.05, 4.69) is 5.32 Å². The van der Waals surface area contributed by atoms with Crippen molar-refractivity contribution in [3.63, 3.8) is 0 Å². The maximum atomic E-state index is 11.8. The van der Waals surface area contributed by atoms with E-state index < -0.39 is 0 Å². The summed E-state index contributed by atoms with van der Waals surface area (Å²) in [6.07, 6.45) is 0.560. The monoisotopic (exact) mass is 215 g/mol. The molecule has 0 aliphatic heterocycles. The Morgan fingerprint density at radius 1 is 1.50 bits per heavy atom. The second-order valence-corrected chi connectivity index (χ2v) is 3.71. The summed E-state index contributed by atoms with van der Waals surface area (Å²) >= 11 is 5.86. The van der Waals surface area contributed by atoms with E-state index in [1.165, 1.54) is 0 Å². The van der Waals surface area contributed by atoms with Gasteiger partial charge >= 0.3 is 0 Å². The minimum Gasteiger partial charge on any atom is -0.310 e. The molecule has 1 nitrogen and oxygen atoms in total. The molecule has 14 heavy (non-hydrogen) atoms. The lowest BCUT2D eigenvalue weighted by atomic mass is 10.1. The SMILES string of the molecule is CC(NCCCF)c1cccc(Cl)c1. The van der Waals surface area contributed by atoms with Crippen LogP contribution in [0.15, 0.2) is 24.3 Å². The van der Waals surface area contributed by atoms with E-state index in [4.69, 9.17) is 11.6 Å². The first-order valence-corrected chi connectivity index (χ1v) is 5.16. The van der Waals surface area contributed by atoms with Crippen molar-refractivity contribution in [2.24, 2.45) is 0 Å². The molecular formula is C11H15ClFN. The molecule has 0 aliphatic rings. The predicted octanol–water partition coefficient (Wildman–Crippen LogP) is 3.35. The first-order chi connectivity index (χ1) is 6.74. The van der Waals surface area contributed by atoms with Crippen LogP contribution >= 0.6 is 11.6 Å². The zero-order chi connectivity index (χ0) is 10.4. The summed E-state index contributed by atoms with van der Waals surface area (Å²) in [7, 11) is 0. The Bertz CT molecular complexity index is 278. The van der Waals surface area contributed by atoms with Gasteiger partial charge in [-0.1, -0.05) is 23.7 Å². The lowest BCUT2D eigenvalue weighted by molar-refractivity contribution is 0.446. The molecule has 1 atom stereocenters. The maximum absolute atomic E-state index is 11.8. The van der Waals surface area contributed by atoms with Crippen LogP contribution in [-0.2, 0) is 0 Å². The van der Waals surface area contributed by atoms with Crippen LogP contribution in [0, 0.1) is 0 Å². The third-order valence-corrected chi connectivity index (χ3v) is 2.34. The quantitative estimate of drug-likeness (QED) is 0.743. The fourth-order valence-electron chi connectivity index (χ4n) is 1.28. The van der Waals surface area contributed by atoms with E-state index in [0.717, 1.165) is 10.6 Å². The minimum absolute atomic E-state index is 0.222. The Hall–Kier alpha value is -0.600. The van der Waals surface area contributed by atoms with Gasteiger partial charge in [0.2, 0.25) is 0 Å². The van der Waals surface area contributed by atoms with Gasteiger partial charge in [-0.25, -0.2) is 0 Å². The molecule has 1 aromatic carbocycles. The smallest absolute Gasteiger partial charge is 0.0906 e. The van der Waals surface area contributed by atoms with Gasteiger partial charge in [0.1, 0.15) is 0 Å². The molecule has 0 amide bonds. The van der Waals surface area contributed by atoms with E-state index in [1.807, 2.05) is 31.2 Å². The fraction of sp³-hybridized carbons (Fsp3) is 0.455. The van der Waals surface area contributed by atoms with Crippen LogP contribution < -0.4 is 5.32 Å². The highest BCUT2D eigenvalue weighted by atomic mass is 35.5. The molecule has 0 heterocycles. The lowest BCUT2D eigenvalue weighted by Crippen LogP contribution is -2.20. The highest BCUT2D eigenvalue weighted by Crippen LogP contribution is 2.16. The van der Waals surface area contributed by atoms with Gasteiger partial charge in [-0.15, -0.1) is 0 Å². The van der Waals surface area contributed by atoms with Gasteiger partial charge in [-0.05, 0) is 37.6 Å². The van der Waals surface area contributed by atoms with Gasteiger partial charge in [0, 0.05) is 11.1 Å². The average molecular weight is 216 g/mol. The van der Waals surface area contributed by atoms with E-state index in [1.54, 1.807) is 0 Å².